The van der Waals surface area contributed by atoms with Gasteiger partial charge in [-0.1, -0.05) is 36.8 Å². The second kappa shape index (κ2) is 6.85. The Morgan fingerprint density at radius 3 is 2.61 bits per heavy atom. The van der Waals surface area contributed by atoms with Gasteiger partial charge in [-0.15, -0.1) is 0 Å². The number of hydrogen-bond donors (Lipinski definition) is 4. The molecule has 0 aliphatic carbocycles. The Morgan fingerprint density at radius 2 is 1.89 bits per heavy atom. The number of aliphatic hydroxyl groups is 1. The molecule has 1 aromatic rings. The zero-order chi connectivity index (χ0) is 12.8. The van der Waals surface area contributed by atoms with Crippen LogP contribution in [0.5, 0.6) is 0 Å². The van der Waals surface area contributed by atoms with E-state index in [0.717, 1.165) is 32.2 Å². The average molecular weight is 249 g/mol. The Hall–Kier alpha value is -0.940. The summed E-state index contributed by atoms with van der Waals surface area (Å²) in [4.78, 5) is 0. The fraction of sp³-hybridized carbons (Fsp3) is 0.571. The summed E-state index contributed by atoms with van der Waals surface area (Å²) in [6.07, 6.45) is 3.66. The predicted octanol–water partition coefficient (Wildman–Crippen LogP) is 0.564. The molecular weight excluding hydrogens is 226 g/mol. The highest BCUT2D eigenvalue weighted by Gasteiger charge is 2.30. The molecule has 1 heterocycles. The van der Waals surface area contributed by atoms with Crippen molar-refractivity contribution in [2.24, 2.45) is 5.73 Å². The van der Waals surface area contributed by atoms with E-state index in [2.05, 4.69) is 22.8 Å². The number of unbranched alkanes of at least 4 members (excludes halogenated alkanes) is 1. The molecule has 0 spiro atoms. The molecule has 2 rings (SSSR count). The molecule has 18 heavy (non-hydrogen) atoms. The van der Waals surface area contributed by atoms with Gasteiger partial charge in [0.05, 0.1) is 6.17 Å². The van der Waals surface area contributed by atoms with Gasteiger partial charge in [0.2, 0.25) is 0 Å². The van der Waals surface area contributed by atoms with Crippen LogP contribution < -0.4 is 16.4 Å². The summed E-state index contributed by atoms with van der Waals surface area (Å²) >= 11 is 0. The van der Waals surface area contributed by atoms with Crippen molar-refractivity contribution >= 4 is 0 Å². The fourth-order valence-corrected chi connectivity index (χ4v) is 2.44. The van der Waals surface area contributed by atoms with Gasteiger partial charge >= 0.3 is 0 Å². The number of nitrogens with two attached hydrogens (primary N) is 1. The van der Waals surface area contributed by atoms with Gasteiger partial charge in [0.1, 0.15) is 6.23 Å². The van der Waals surface area contributed by atoms with Crippen LogP contribution in [0.25, 0.3) is 0 Å². The molecule has 5 N–H and O–H groups in total. The van der Waals surface area contributed by atoms with E-state index < -0.39 is 6.23 Å². The average Bonchev–Trinajstić information content (AvgIpc) is 2.71. The van der Waals surface area contributed by atoms with E-state index in [9.17, 15) is 5.11 Å². The van der Waals surface area contributed by atoms with Gasteiger partial charge in [-0.3, -0.25) is 10.6 Å². The van der Waals surface area contributed by atoms with Gasteiger partial charge in [-0.05, 0) is 24.9 Å². The van der Waals surface area contributed by atoms with Crippen LogP contribution in [0.1, 0.15) is 24.8 Å². The van der Waals surface area contributed by atoms with Crippen LogP contribution in [0, 0.1) is 0 Å². The quantitative estimate of drug-likeness (QED) is 0.556. The highest BCUT2D eigenvalue weighted by molar-refractivity contribution is 5.16. The topological polar surface area (TPSA) is 70.3 Å². The van der Waals surface area contributed by atoms with Gasteiger partial charge in [-0.25, -0.2) is 0 Å². The fourth-order valence-electron chi connectivity index (χ4n) is 2.44. The summed E-state index contributed by atoms with van der Waals surface area (Å²) in [5, 5.41) is 16.6. The minimum Gasteiger partial charge on any atom is -0.377 e. The van der Waals surface area contributed by atoms with Crippen molar-refractivity contribution in [3.8, 4) is 0 Å². The van der Waals surface area contributed by atoms with Crippen molar-refractivity contribution in [1.82, 2.24) is 10.6 Å². The highest BCUT2D eigenvalue weighted by Crippen LogP contribution is 2.13. The highest BCUT2D eigenvalue weighted by atomic mass is 16.3. The number of benzene rings is 1. The van der Waals surface area contributed by atoms with Gasteiger partial charge in [-0.2, -0.15) is 0 Å². The van der Waals surface area contributed by atoms with E-state index in [1.54, 1.807) is 0 Å². The van der Waals surface area contributed by atoms with E-state index >= 15 is 0 Å². The van der Waals surface area contributed by atoms with E-state index in [4.69, 9.17) is 5.73 Å². The lowest BCUT2D eigenvalue weighted by Gasteiger charge is -2.13. The van der Waals surface area contributed by atoms with Crippen LogP contribution in [0.4, 0.5) is 0 Å². The van der Waals surface area contributed by atoms with Gasteiger partial charge in [0, 0.05) is 12.5 Å². The molecule has 3 unspecified atom stereocenters. The summed E-state index contributed by atoms with van der Waals surface area (Å²) in [5.41, 5.74) is 6.75. The zero-order valence-corrected chi connectivity index (χ0v) is 10.7. The molecule has 0 saturated carbocycles. The minimum absolute atomic E-state index is 0.144. The molecule has 0 aromatic heterocycles. The monoisotopic (exact) mass is 249 g/mol. The lowest BCUT2D eigenvalue weighted by molar-refractivity contribution is 0.131. The minimum atomic E-state index is -0.448. The van der Waals surface area contributed by atoms with Crippen LogP contribution in [0.15, 0.2) is 30.3 Å². The van der Waals surface area contributed by atoms with Crippen molar-refractivity contribution in [2.75, 3.05) is 6.54 Å². The number of aliphatic hydroxyl groups excluding tert-OH is 1. The van der Waals surface area contributed by atoms with E-state index in [-0.39, 0.29) is 12.2 Å². The summed E-state index contributed by atoms with van der Waals surface area (Å²) < 4.78 is 0. The first-order valence-corrected chi connectivity index (χ1v) is 6.74. The third-order valence-corrected chi connectivity index (χ3v) is 3.42. The molecule has 1 fully saturated rings. The second-order valence-corrected chi connectivity index (χ2v) is 4.91. The first-order chi connectivity index (χ1) is 8.79. The Bertz CT molecular complexity index is 344. The molecule has 1 aliphatic heterocycles. The van der Waals surface area contributed by atoms with Crippen molar-refractivity contribution in [2.45, 2.75) is 44.1 Å². The SMILES string of the molecule is NCCCCC1NC(Cc2ccccc2)NC1O. The lowest BCUT2D eigenvalue weighted by atomic mass is 10.1. The molecule has 3 atom stereocenters. The molecule has 100 valence electrons. The van der Waals surface area contributed by atoms with Crippen molar-refractivity contribution < 1.29 is 5.11 Å². The molecule has 0 bridgehead atoms. The summed E-state index contributed by atoms with van der Waals surface area (Å²) in [6.45, 7) is 0.726. The molecule has 1 saturated heterocycles. The Kier molecular flexibility index (Phi) is 5.13. The Balaban J connectivity index is 1.79. The van der Waals surface area contributed by atoms with Crippen LogP contribution >= 0.6 is 0 Å². The van der Waals surface area contributed by atoms with Crippen LogP contribution in [-0.4, -0.2) is 30.1 Å². The molecular formula is C14H23N3O. The van der Waals surface area contributed by atoms with Crippen LogP contribution in [-0.2, 0) is 6.42 Å². The van der Waals surface area contributed by atoms with Crippen LogP contribution in [0.2, 0.25) is 0 Å². The molecule has 4 nitrogen and oxygen atoms in total. The largest absolute Gasteiger partial charge is 0.377 e. The molecule has 1 aromatic carbocycles. The predicted molar refractivity (Wildman–Crippen MR) is 72.9 cm³/mol. The lowest BCUT2D eigenvalue weighted by Crippen LogP contribution is -2.35. The molecule has 0 radical (unpaired) electrons. The van der Waals surface area contributed by atoms with E-state index in [1.165, 1.54) is 5.56 Å². The molecule has 4 heteroatoms. The Labute approximate surface area is 109 Å². The van der Waals surface area contributed by atoms with Crippen molar-refractivity contribution in [3.63, 3.8) is 0 Å². The number of rotatable bonds is 6. The van der Waals surface area contributed by atoms with Crippen LogP contribution in [0.3, 0.4) is 0 Å². The molecule has 0 amide bonds. The van der Waals surface area contributed by atoms with Gasteiger partial charge in [0.15, 0.2) is 0 Å². The normalized spacial score (nSPS) is 27.6. The van der Waals surface area contributed by atoms with Gasteiger partial charge in [0.25, 0.3) is 0 Å². The number of hydrogen-bond acceptors (Lipinski definition) is 4. The van der Waals surface area contributed by atoms with E-state index in [1.807, 2.05) is 18.2 Å². The third kappa shape index (κ3) is 3.78. The van der Waals surface area contributed by atoms with Gasteiger partial charge < -0.3 is 10.8 Å². The van der Waals surface area contributed by atoms with Crippen molar-refractivity contribution in [1.29, 1.82) is 0 Å². The first kappa shape index (κ1) is 13.5. The summed E-state index contributed by atoms with van der Waals surface area (Å²) in [7, 11) is 0. The zero-order valence-electron chi connectivity index (χ0n) is 10.7. The second-order valence-electron chi connectivity index (χ2n) is 4.91. The Morgan fingerprint density at radius 1 is 1.11 bits per heavy atom. The standard InChI is InChI=1S/C14H23N3O/c15-9-5-4-8-12-14(18)17-13(16-12)10-11-6-2-1-3-7-11/h1-3,6-7,12-14,16-18H,4-5,8-10,15H2. The van der Waals surface area contributed by atoms with Crippen molar-refractivity contribution in [3.05, 3.63) is 35.9 Å². The maximum Gasteiger partial charge on any atom is 0.121 e. The summed E-state index contributed by atoms with van der Waals surface area (Å²) in [5.74, 6) is 0. The third-order valence-electron chi connectivity index (χ3n) is 3.42. The smallest absolute Gasteiger partial charge is 0.121 e. The summed E-state index contributed by atoms with van der Waals surface area (Å²) in [6, 6.07) is 10.5. The maximum atomic E-state index is 9.93. The number of nitrogens with one attached hydrogen (secondary N) is 2. The first-order valence-electron chi connectivity index (χ1n) is 6.74. The maximum absolute atomic E-state index is 9.93. The molecule has 1 aliphatic rings. The van der Waals surface area contributed by atoms with E-state index in [0.29, 0.717) is 0 Å².